The molecule has 0 aromatic rings. The predicted octanol–water partition coefficient (Wildman–Crippen LogP) is 6.86. The van der Waals surface area contributed by atoms with E-state index in [0.29, 0.717) is 10.8 Å². The van der Waals surface area contributed by atoms with Crippen LogP contribution >= 0.6 is 0 Å². The summed E-state index contributed by atoms with van der Waals surface area (Å²) in [5, 5.41) is 0. The summed E-state index contributed by atoms with van der Waals surface area (Å²) < 4.78 is 0. The third-order valence-corrected chi connectivity index (χ3v) is 9.24. The van der Waals surface area contributed by atoms with Gasteiger partial charge in [-0.05, 0) is 91.3 Å². The number of hydrogen-bond donors (Lipinski definition) is 0. The van der Waals surface area contributed by atoms with Crippen LogP contribution in [0.4, 0.5) is 0 Å². The average Bonchev–Trinajstić information content (AvgIpc) is 2.85. The third-order valence-electron chi connectivity index (χ3n) is 9.24. The monoisotopic (exact) mass is 314 g/mol. The van der Waals surface area contributed by atoms with Gasteiger partial charge in [0.1, 0.15) is 0 Å². The van der Waals surface area contributed by atoms with E-state index in [-0.39, 0.29) is 0 Å². The van der Waals surface area contributed by atoms with Crippen LogP contribution in [0.15, 0.2) is 12.2 Å². The summed E-state index contributed by atoms with van der Waals surface area (Å²) in [5.41, 5.74) is 1.21. The molecular formula is C23H38. The van der Waals surface area contributed by atoms with Gasteiger partial charge in [0, 0.05) is 0 Å². The highest BCUT2D eigenvalue weighted by atomic mass is 14.6. The van der Waals surface area contributed by atoms with Crippen molar-refractivity contribution >= 4 is 0 Å². The van der Waals surface area contributed by atoms with Crippen LogP contribution < -0.4 is 0 Å². The molecule has 0 heteroatoms. The fourth-order valence-corrected chi connectivity index (χ4v) is 7.93. The van der Waals surface area contributed by atoms with E-state index in [1.165, 1.54) is 44.9 Å². The highest BCUT2D eigenvalue weighted by Gasteiger charge is 2.58. The Morgan fingerprint density at radius 3 is 2.61 bits per heavy atom. The van der Waals surface area contributed by atoms with E-state index in [1.54, 1.807) is 12.8 Å². The van der Waals surface area contributed by atoms with E-state index >= 15 is 0 Å². The van der Waals surface area contributed by atoms with Gasteiger partial charge in [0.15, 0.2) is 0 Å². The Morgan fingerprint density at radius 2 is 1.83 bits per heavy atom. The molecule has 0 aromatic carbocycles. The normalized spacial score (nSPS) is 55.1. The van der Waals surface area contributed by atoms with Gasteiger partial charge in [-0.2, -0.15) is 0 Å². The summed E-state index contributed by atoms with van der Waals surface area (Å²) in [6.45, 7) is 10.1. The van der Waals surface area contributed by atoms with E-state index in [9.17, 15) is 0 Å². The van der Waals surface area contributed by atoms with Crippen molar-refractivity contribution in [2.45, 2.75) is 85.5 Å². The summed E-state index contributed by atoms with van der Waals surface area (Å²) in [5.74, 6) is 5.90. The first-order chi connectivity index (χ1) is 11.0. The van der Waals surface area contributed by atoms with Crippen LogP contribution in [0, 0.1) is 46.3 Å². The number of hydrogen-bond acceptors (Lipinski definition) is 0. The van der Waals surface area contributed by atoms with Crippen molar-refractivity contribution < 1.29 is 0 Å². The van der Waals surface area contributed by atoms with Gasteiger partial charge in [0.25, 0.3) is 0 Å². The molecule has 23 heavy (non-hydrogen) atoms. The van der Waals surface area contributed by atoms with E-state index in [0.717, 1.165) is 35.5 Å². The predicted molar refractivity (Wildman–Crippen MR) is 99.2 cm³/mol. The van der Waals surface area contributed by atoms with Crippen LogP contribution in [0.1, 0.15) is 85.5 Å². The summed E-state index contributed by atoms with van der Waals surface area (Å²) in [6, 6.07) is 0. The van der Waals surface area contributed by atoms with Gasteiger partial charge < -0.3 is 0 Å². The van der Waals surface area contributed by atoms with Crippen LogP contribution in [0.5, 0.6) is 0 Å². The second-order valence-electron chi connectivity index (χ2n) is 10.2. The standard InChI is InChI=1S/C23H38/c1-5-6-17-8-10-20-19-9-7-18-15-16(2)11-13-23(18,4)21(19)12-14-22(17,20)3/h11,13,16-21H,5-10,12,14-15H2,1-4H3. The zero-order chi connectivity index (χ0) is 16.2. The average molecular weight is 315 g/mol. The molecule has 4 aliphatic carbocycles. The molecule has 0 radical (unpaired) electrons. The van der Waals surface area contributed by atoms with Crippen LogP contribution in [0.2, 0.25) is 0 Å². The van der Waals surface area contributed by atoms with E-state index in [1.807, 2.05) is 0 Å². The first-order valence-electron chi connectivity index (χ1n) is 10.7. The van der Waals surface area contributed by atoms with E-state index < -0.39 is 0 Å². The smallest absolute Gasteiger partial charge is 0.00870 e. The topological polar surface area (TPSA) is 0 Å². The third kappa shape index (κ3) is 2.30. The van der Waals surface area contributed by atoms with Crippen LogP contribution in [-0.4, -0.2) is 0 Å². The van der Waals surface area contributed by atoms with Crippen molar-refractivity contribution in [1.82, 2.24) is 0 Å². The highest BCUT2D eigenvalue weighted by molar-refractivity contribution is 5.16. The molecule has 4 aliphatic rings. The molecule has 3 fully saturated rings. The van der Waals surface area contributed by atoms with Gasteiger partial charge in [-0.3, -0.25) is 0 Å². The number of fused-ring (bicyclic) bond motifs is 5. The fraction of sp³-hybridized carbons (Fsp3) is 0.913. The van der Waals surface area contributed by atoms with Crippen LogP contribution in [-0.2, 0) is 0 Å². The molecule has 0 aromatic heterocycles. The lowest BCUT2D eigenvalue weighted by molar-refractivity contribution is -0.0821. The van der Waals surface area contributed by atoms with Crippen LogP contribution in [0.25, 0.3) is 0 Å². The molecule has 4 rings (SSSR count). The van der Waals surface area contributed by atoms with Crippen molar-refractivity contribution in [2.24, 2.45) is 46.3 Å². The van der Waals surface area contributed by atoms with Gasteiger partial charge in [0.2, 0.25) is 0 Å². The molecule has 130 valence electrons. The maximum atomic E-state index is 2.69. The summed E-state index contributed by atoms with van der Waals surface area (Å²) in [7, 11) is 0. The zero-order valence-corrected chi connectivity index (χ0v) is 16.0. The summed E-state index contributed by atoms with van der Waals surface area (Å²) in [6.07, 6.45) is 18.8. The minimum absolute atomic E-state index is 0.527. The first-order valence-corrected chi connectivity index (χ1v) is 10.7. The van der Waals surface area contributed by atoms with Gasteiger partial charge in [0.05, 0.1) is 0 Å². The Morgan fingerprint density at radius 1 is 1.00 bits per heavy atom. The maximum absolute atomic E-state index is 2.69. The van der Waals surface area contributed by atoms with Gasteiger partial charge in [-0.15, -0.1) is 0 Å². The molecule has 8 atom stereocenters. The Balaban J connectivity index is 1.61. The SMILES string of the molecule is CCCC1CCC2C3CCC4CC(C)C=CC4(C)C3CCC12C. The molecule has 0 bridgehead atoms. The van der Waals surface area contributed by atoms with Gasteiger partial charge in [-0.1, -0.05) is 52.7 Å². The minimum atomic E-state index is 0.527. The second kappa shape index (κ2) is 5.63. The number of rotatable bonds is 2. The lowest BCUT2D eigenvalue weighted by Crippen LogP contribution is -2.52. The molecule has 0 nitrogen and oxygen atoms in total. The minimum Gasteiger partial charge on any atom is -0.0851 e. The van der Waals surface area contributed by atoms with E-state index in [4.69, 9.17) is 0 Å². The summed E-state index contributed by atoms with van der Waals surface area (Å²) >= 11 is 0. The van der Waals surface area contributed by atoms with Crippen molar-refractivity contribution in [2.75, 3.05) is 0 Å². The first kappa shape index (κ1) is 16.2. The molecule has 0 saturated heterocycles. The Hall–Kier alpha value is -0.260. The lowest BCUT2D eigenvalue weighted by Gasteiger charge is -2.59. The fourth-order valence-electron chi connectivity index (χ4n) is 7.93. The van der Waals surface area contributed by atoms with Crippen molar-refractivity contribution in [3.8, 4) is 0 Å². The zero-order valence-electron chi connectivity index (χ0n) is 16.0. The molecule has 0 heterocycles. The molecule has 0 N–H and O–H groups in total. The maximum Gasteiger partial charge on any atom is -0.00870 e. The molecule has 0 aliphatic heterocycles. The molecule has 3 saturated carbocycles. The Kier molecular flexibility index (Phi) is 3.97. The molecule has 8 unspecified atom stereocenters. The van der Waals surface area contributed by atoms with Crippen molar-refractivity contribution in [1.29, 1.82) is 0 Å². The van der Waals surface area contributed by atoms with Gasteiger partial charge in [-0.25, -0.2) is 0 Å². The Labute approximate surface area is 144 Å². The van der Waals surface area contributed by atoms with Crippen LogP contribution in [0.3, 0.4) is 0 Å². The highest BCUT2D eigenvalue weighted by Crippen LogP contribution is 2.67. The molecule has 0 spiro atoms. The Bertz CT molecular complexity index is 476. The number of allylic oxidation sites excluding steroid dienone is 2. The van der Waals surface area contributed by atoms with Crippen molar-refractivity contribution in [3.63, 3.8) is 0 Å². The molecule has 0 amide bonds. The van der Waals surface area contributed by atoms with E-state index in [2.05, 4.69) is 39.8 Å². The lowest BCUT2D eigenvalue weighted by atomic mass is 9.45. The molecular weight excluding hydrogens is 276 g/mol. The van der Waals surface area contributed by atoms with Gasteiger partial charge >= 0.3 is 0 Å². The quantitative estimate of drug-likeness (QED) is 0.488. The largest absolute Gasteiger partial charge is 0.0851 e. The van der Waals surface area contributed by atoms with Crippen molar-refractivity contribution in [3.05, 3.63) is 12.2 Å². The summed E-state index contributed by atoms with van der Waals surface area (Å²) in [4.78, 5) is 0. The second-order valence-corrected chi connectivity index (χ2v) is 10.2.